The molecule has 0 amide bonds. The summed E-state index contributed by atoms with van der Waals surface area (Å²) < 4.78 is 8.09. The molecule has 0 aliphatic heterocycles. The van der Waals surface area contributed by atoms with Crippen LogP contribution in [0.4, 0.5) is 0 Å². The lowest BCUT2D eigenvalue weighted by atomic mass is 10.3. The van der Waals surface area contributed by atoms with E-state index in [0.717, 1.165) is 34.9 Å². The standard InChI is InChI=1S/C17H21N3O/c1-12(2)18-10-14-8-9-15(21-14)11-20-13(3)19-16-6-4-5-7-17(16)20/h4-9,12,18H,10-11H2,1-3H3. The van der Waals surface area contributed by atoms with Gasteiger partial charge in [-0.3, -0.25) is 0 Å². The highest BCUT2D eigenvalue weighted by molar-refractivity contribution is 5.75. The maximum atomic E-state index is 5.90. The molecule has 0 aliphatic rings. The highest BCUT2D eigenvalue weighted by atomic mass is 16.3. The molecule has 1 N–H and O–H groups in total. The molecule has 4 nitrogen and oxygen atoms in total. The fourth-order valence-electron chi connectivity index (χ4n) is 2.46. The van der Waals surface area contributed by atoms with E-state index < -0.39 is 0 Å². The van der Waals surface area contributed by atoms with Crippen molar-refractivity contribution >= 4 is 11.0 Å². The first-order valence-electron chi connectivity index (χ1n) is 7.36. The van der Waals surface area contributed by atoms with Crippen LogP contribution in [0, 0.1) is 6.92 Å². The molecule has 0 spiro atoms. The van der Waals surface area contributed by atoms with Gasteiger partial charge in [0.15, 0.2) is 0 Å². The van der Waals surface area contributed by atoms with Gasteiger partial charge in [0.2, 0.25) is 0 Å². The Morgan fingerprint density at radius 3 is 2.71 bits per heavy atom. The van der Waals surface area contributed by atoms with Gasteiger partial charge in [-0.05, 0) is 31.2 Å². The van der Waals surface area contributed by atoms with Crippen molar-refractivity contribution in [1.29, 1.82) is 0 Å². The van der Waals surface area contributed by atoms with Crippen LogP contribution in [-0.4, -0.2) is 15.6 Å². The van der Waals surface area contributed by atoms with Crippen molar-refractivity contribution < 1.29 is 4.42 Å². The lowest BCUT2D eigenvalue weighted by Crippen LogP contribution is -2.21. The van der Waals surface area contributed by atoms with Crippen molar-refractivity contribution in [2.24, 2.45) is 0 Å². The lowest BCUT2D eigenvalue weighted by molar-refractivity contribution is 0.428. The lowest BCUT2D eigenvalue weighted by Gasteiger charge is -2.06. The van der Waals surface area contributed by atoms with Gasteiger partial charge in [-0.25, -0.2) is 4.98 Å². The molecule has 0 bridgehead atoms. The summed E-state index contributed by atoms with van der Waals surface area (Å²) in [5.74, 6) is 2.94. The summed E-state index contributed by atoms with van der Waals surface area (Å²) in [5.41, 5.74) is 2.18. The highest BCUT2D eigenvalue weighted by Crippen LogP contribution is 2.18. The van der Waals surface area contributed by atoms with E-state index in [2.05, 4.69) is 34.8 Å². The molecule has 3 rings (SSSR count). The molecule has 21 heavy (non-hydrogen) atoms. The molecule has 0 unspecified atom stereocenters. The van der Waals surface area contributed by atoms with E-state index in [0.29, 0.717) is 12.6 Å². The first kappa shape index (κ1) is 13.9. The van der Waals surface area contributed by atoms with Gasteiger partial charge in [0.05, 0.1) is 24.1 Å². The van der Waals surface area contributed by atoms with Gasteiger partial charge in [-0.1, -0.05) is 26.0 Å². The molecule has 0 atom stereocenters. The second kappa shape index (κ2) is 5.74. The molecule has 2 aromatic heterocycles. The fraction of sp³-hybridized carbons (Fsp3) is 0.353. The zero-order valence-corrected chi connectivity index (χ0v) is 12.8. The Bertz CT molecular complexity index is 739. The number of fused-ring (bicyclic) bond motifs is 1. The second-order valence-corrected chi connectivity index (χ2v) is 5.64. The Hall–Kier alpha value is -2.07. The van der Waals surface area contributed by atoms with Gasteiger partial charge >= 0.3 is 0 Å². The van der Waals surface area contributed by atoms with E-state index in [1.54, 1.807) is 0 Å². The van der Waals surface area contributed by atoms with E-state index in [1.165, 1.54) is 0 Å². The zero-order chi connectivity index (χ0) is 14.8. The number of furan rings is 1. The van der Waals surface area contributed by atoms with Crippen LogP contribution in [0.25, 0.3) is 11.0 Å². The molecular formula is C17H21N3O. The molecule has 3 aromatic rings. The third-order valence-corrected chi connectivity index (χ3v) is 3.56. The van der Waals surface area contributed by atoms with Crippen LogP contribution in [0.15, 0.2) is 40.8 Å². The number of imidazole rings is 1. The topological polar surface area (TPSA) is 43.0 Å². The quantitative estimate of drug-likeness (QED) is 0.779. The minimum atomic E-state index is 0.457. The Kier molecular flexibility index (Phi) is 3.80. The number of aryl methyl sites for hydroxylation is 1. The summed E-state index contributed by atoms with van der Waals surface area (Å²) in [6.07, 6.45) is 0. The maximum Gasteiger partial charge on any atom is 0.124 e. The molecule has 0 fully saturated rings. The number of aromatic nitrogens is 2. The summed E-state index contributed by atoms with van der Waals surface area (Å²) in [6, 6.07) is 12.7. The van der Waals surface area contributed by atoms with E-state index in [1.807, 2.05) is 37.3 Å². The molecule has 4 heteroatoms. The molecule has 0 aliphatic carbocycles. The minimum Gasteiger partial charge on any atom is -0.463 e. The molecule has 110 valence electrons. The fourth-order valence-corrected chi connectivity index (χ4v) is 2.46. The van der Waals surface area contributed by atoms with Crippen molar-refractivity contribution in [3.8, 4) is 0 Å². The normalized spacial score (nSPS) is 11.6. The third-order valence-electron chi connectivity index (χ3n) is 3.56. The maximum absolute atomic E-state index is 5.90. The molecule has 1 aromatic carbocycles. The average molecular weight is 283 g/mol. The smallest absolute Gasteiger partial charge is 0.124 e. The summed E-state index contributed by atoms with van der Waals surface area (Å²) in [5, 5.41) is 3.36. The Balaban J connectivity index is 1.81. The van der Waals surface area contributed by atoms with Crippen LogP contribution in [0.2, 0.25) is 0 Å². The average Bonchev–Trinajstić information content (AvgIpc) is 3.02. The molecule has 2 heterocycles. The van der Waals surface area contributed by atoms with Crippen molar-refractivity contribution in [3.63, 3.8) is 0 Å². The molecule has 0 saturated heterocycles. The van der Waals surface area contributed by atoms with Gasteiger partial charge in [0.25, 0.3) is 0 Å². The predicted octanol–water partition coefficient (Wildman–Crippen LogP) is 3.48. The predicted molar refractivity (Wildman–Crippen MR) is 84.3 cm³/mol. The van der Waals surface area contributed by atoms with Gasteiger partial charge in [-0.2, -0.15) is 0 Å². The van der Waals surface area contributed by atoms with Crippen molar-refractivity contribution in [1.82, 2.24) is 14.9 Å². The zero-order valence-electron chi connectivity index (χ0n) is 12.8. The third kappa shape index (κ3) is 3.00. The summed E-state index contributed by atoms with van der Waals surface area (Å²) in [6.45, 7) is 7.77. The second-order valence-electron chi connectivity index (χ2n) is 5.64. The Morgan fingerprint density at radius 2 is 1.90 bits per heavy atom. The number of para-hydroxylation sites is 2. The van der Waals surface area contributed by atoms with Gasteiger partial charge in [-0.15, -0.1) is 0 Å². The van der Waals surface area contributed by atoms with Gasteiger partial charge in [0.1, 0.15) is 17.3 Å². The summed E-state index contributed by atoms with van der Waals surface area (Å²) in [4.78, 5) is 4.58. The van der Waals surface area contributed by atoms with Crippen LogP contribution in [0.1, 0.15) is 31.2 Å². The Labute approximate surface area is 124 Å². The van der Waals surface area contributed by atoms with Gasteiger partial charge in [0, 0.05) is 6.04 Å². The molecule has 0 radical (unpaired) electrons. The number of hydrogen-bond donors (Lipinski definition) is 1. The monoisotopic (exact) mass is 283 g/mol. The van der Waals surface area contributed by atoms with E-state index in [-0.39, 0.29) is 0 Å². The number of benzene rings is 1. The first-order valence-corrected chi connectivity index (χ1v) is 7.36. The largest absolute Gasteiger partial charge is 0.463 e. The van der Waals surface area contributed by atoms with E-state index >= 15 is 0 Å². The Morgan fingerprint density at radius 1 is 1.14 bits per heavy atom. The van der Waals surface area contributed by atoms with E-state index in [4.69, 9.17) is 4.42 Å². The van der Waals surface area contributed by atoms with Crippen molar-refractivity contribution in [2.75, 3.05) is 0 Å². The van der Waals surface area contributed by atoms with Crippen LogP contribution >= 0.6 is 0 Å². The number of nitrogens with zero attached hydrogens (tertiary/aromatic N) is 2. The number of rotatable bonds is 5. The van der Waals surface area contributed by atoms with E-state index in [9.17, 15) is 0 Å². The van der Waals surface area contributed by atoms with Crippen molar-refractivity contribution in [3.05, 3.63) is 53.7 Å². The van der Waals surface area contributed by atoms with Crippen LogP contribution < -0.4 is 5.32 Å². The highest BCUT2D eigenvalue weighted by Gasteiger charge is 2.09. The summed E-state index contributed by atoms with van der Waals surface area (Å²) >= 11 is 0. The minimum absolute atomic E-state index is 0.457. The van der Waals surface area contributed by atoms with Crippen LogP contribution in [0.5, 0.6) is 0 Å². The first-order chi connectivity index (χ1) is 10.1. The van der Waals surface area contributed by atoms with Crippen LogP contribution in [-0.2, 0) is 13.1 Å². The van der Waals surface area contributed by atoms with Crippen molar-refractivity contribution in [2.45, 2.75) is 39.9 Å². The number of hydrogen-bond acceptors (Lipinski definition) is 3. The van der Waals surface area contributed by atoms with Gasteiger partial charge < -0.3 is 14.3 Å². The molecular weight excluding hydrogens is 262 g/mol. The van der Waals surface area contributed by atoms with Crippen LogP contribution in [0.3, 0.4) is 0 Å². The number of nitrogens with one attached hydrogen (secondary N) is 1. The molecule has 0 saturated carbocycles. The SMILES string of the molecule is Cc1nc2ccccc2n1Cc1ccc(CNC(C)C)o1. The summed E-state index contributed by atoms with van der Waals surface area (Å²) in [7, 11) is 0.